The van der Waals surface area contributed by atoms with Gasteiger partial charge in [0.1, 0.15) is 11.4 Å². The number of hydrogen-bond donors (Lipinski definition) is 1. The van der Waals surface area contributed by atoms with Crippen molar-refractivity contribution < 1.29 is 9.53 Å². The molecular formula is C25H22ClN5O2. The summed E-state index contributed by atoms with van der Waals surface area (Å²) in [6.45, 7) is 2.87. The van der Waals surface area contributed by atoms with E-state index in [1.807, 2.05) is 53.7 Å². The summed E-state index contributed by atoms with van der Waals surface area (Å²) in [5, 5.41) is 1.62. The Morgan fingerprint density at radius 2 is 1.97 bits per heavy atom. The van der Waals surface area contributed by atoms with Crippen molar-refractivity contribution in [2.45, 2.75) is 12.5 Å². The number of carbonyl (C=O) groups excluding carboxylic acids is 1. The molecule has 2 aliphatic rings. The molecule has 6 rings (SSSR count). The summed E-state index contributed by atoms with van der Waals surface area (Å²) >= 11 is 6.47. The molecule has 1 saturated heterocycles. The van der Waals surface area contributed by atoms with E-state index in [1.165, 1.54) is 0 Å². The molecule has 5 heterocycles. The molecule has 0 aliphatic carbocycles. The number of halogens is 1. The van der Waals surface area contributed by atoms with Crippen LogP contribution in [-0.4, -0.2) is 58.0 Å². The minimum Gasteiger partial charge on any atom is -0.479 e. The highest BCUT2D eigenvalue weighted by Gasteiger charge is 2.35. The number of pyridine rings is 2. The summed E-state index contributed by atoms with van der Waals surface area (Å²) in [5.74, 6) is 0.765. The Labute approximate surface area is 196 Å². The molecule has 0 saturated carbocycles. The minimum atomic E-state index is -0.536. The molecule has 33 heavy (non-hydrogen) atoms. The summed E-state index contributed by atoms with van der Waals surface area (Å²) in [4.78, 5) is 29.2. The van der Waals surface area contributed by atoms with Gasteiger partial charge in [-0.05, 0) is 42.0 Å². The number of benzene rings is 1. The van der Waals surface area contributed by atoms with E-state index >= 15 is 0 Å². The van der Waals surface area contributed by atoms with Gasteiger partial charge in [0.15, 0.2) is 6.10 Å². The average molecular weight is 460 g/mol. The van der Waals surface area contributed by atoms with Crippen molar-refractivity contribution in [1.82, 2.24) is 19.9 Å². The van der Waals surface area contributed by atoms with Crippen LogP contribution in [0.25, 0.3) is 22.2 Å². The Hall–Kier alpha value is -3.58. The maximum Gasteiger partial charge on any atom is 0.264 e. The molecule has 1 aromatic carbocycles. The number of anilines is 1. The van der Waals surface area contributed by atoms with Crippen LogP contribution >= 0.6 is 11.6 Å². The topological polar surface area (TPSA) is 74.4 Å². The molecule has 0 spiro atoms. The number of aromatic amines is 1. The molecule has 1 atom stereocenters. The first-order valence-electron chi connectivity index (χ1n) is 11.0. The first-order chi connectivity index (χ1) is 16.2. The van der Waals surface area contributed by atoms with E-state index in [9.17, 15) is 4.79 Å². The van der Waals surface area contributed by atoms with E-state index in [-0.39, 0.29) is 5.91 Å². The molecular weight excluding hydrogens is 438 g/mol. The fraction of sp³-hybridized carbons (Fsp3) is 0.240. The Bertz CT molecular complexity index is 1330. The number of amides is 1. The minimum absolute atomic E-state index is 0.0284. The summed E-state index contributed by atoms with van der Waals surface area (Å²) in [7, 11) is 0. The van der Waals surface area contributed by atoms with Crippen LogP contribution in [0.5, 0.6) is 5.75 Å². The summed E-state index contributed by atoms with van der Waals surface area (Å²) in [6, 6.07) is 11.7. The van der Waals surface area contributed by atoms with E-state index < -0.39 is 6.10 Å². The second-order valence-electron chi connectivity index (χ2n) is 8.37. The number of piperazine rings is 1. The third kappa shape index (κ3) is 3.58. The normalized spacial score (nSPS) is 17.8. The molecule has 7 nitrogen and oxygen atoms in total. The highest BCUT2D eigenvalue weighted by molar-refractivity contribution is 6.31. The number of fused-ring (bicyclic) bond motifs is 2. The van der Waals surface area contributed by atoms with Gasteiger partial charge in [0.2, 0.25) is 0 Å². The van der Waals surface area contributed by atoms with Crippen molar-refractivity contribution in [2.24, 2.45) is 0 Å². The molecule has 1 unspecified atom stereocenters. The number of rotatable bonds is 3. The molecule has 1 amide bonds. The van der Waals surface area contributed by atoms with Gasteiger partial charge in [0, 0.05) is 72.7 Å². The van der Waals surface area contributed by atoms with Gasteiger partial charge in [0.25, 0.3) is 5.91 Å². The van der Waals surface area contributed by atoms with Gasteiger partial charge in [-0.15, -0.1) is 0 Å². The molecule has 4 aromatic rings. The van der Waals surface area contributed by atoms with Gasteiger partial charge < -0.3 is 19.5 Å². The monoisotopic (exact) mass is 459 g/mol. The third-order valence-electron chi connectivity index (χ3n) is 6.42. The van der Waals surface area contributed by atoms with Crippen LogP contribution in [0.4, 0.5) is 5.69 Å². The molecule has 1 fully saturated rings. The predicted molar refractivity (Wildman–Crippen MR) is 128 cm³/mol. The van der Waals surface area contributed by atoms with Crippen LogP contribution in [0.2, 0.25) is 5.02 Å². The number of ether oxygens (including phenoxy) is 1. The van der Waals surface area contributed by atoms with E-state index in [4.69, 9.17) is 16.3 Å². The zero-order valence-electron chi connectivity index (χ0n) is 17.9. The molecule has 1 N–H and O–H groups in total. The fourth-order valence-electron chi connectivity index (χ4n) is 4.79. The van der Waals surface area contributed by atoms with Gasteiger partial charge in [0.05, 0.1) is 11.9 Å². The van der Waals surface area contributed by atoms with Gasteiger partial charge in [-0.3, -0.25) is 9.78 Å². The lowest BCUT2D eigenvalue weighted by Crippen LogP contribution is -2.52. The predicted octanol–water partition coefficient (Wildman–Crippen LogP) is 3.93. The van der Waals surface area contributed by atoms with Crippen LogP contribution in [0.3, 0.4) is 0 Å². The van der Waals surface area contributed by atoms with Crippen LogP contribution in [-0.2, 0) is 11.2 Å². The summed E-state index contributed by atoms with van der Waals surface area (Å²) in [5.41, 5.74) is 4.73. The van der Waals surface area contributed by atoms with Crippen molar-refractivity contribution in [3.8, 4) is 16.9 Å². The first kappa shape index (κ1) is 20.1. The quantitative estimate of drug-likeness (QED) is 0.502. The Morgan fingerprint density at radius 3 is 2.79 bits per heavy atom. The lowest BCUT2D eigenvalue weighted by Gasteiger charge is -2.36. The lowest BCUT2D eigenvalue weighted by molar-refractivity contribution is -0.138. The second-order valence-corrected chi connectivity index (χ2v) is 8.81. The van der Waals surface area contributed by atoms with Crippen LogP contribution in [0.15, 0.2) is 61.2 Å². The molecule has 8 heteroatoms. The third-order valence-corrected chi connectivity index (χ3v) is 6.64. The highest BCUT2D eigenvalue weighted by Crippen LogP contribution is 2.43. The van der Waals surface area contributed by atoms with E-state index in [0.717, 1.165) is 52.3 Å². The molecule has 0 radical (unpaired) electrons. The molecule has 2 aliphatic heterocycles. The zero-order chi connectivity index (χ0) is 22.4. The van der Waals surface area contributed by atoms with Gasteiger partial charge in [-0.1, -0.05) is 11.6 Å². The summed E-state index contributed by atoms with van der Waals surface area (Å²) in [6.07, 6.45) is 7.24. The van der Waals surface area contributed by atoms with Crippen molar-refractivity contribution in [3.05, 3.63) is 71.8 Å². The van der Waals surface area contributed by atoms with Crippen molar-refractivity contribution in [2.75, 3.05) is 31.1 Å². The smallest absolute Gasteiger partial charge is 0.264 e. The maximum atomic E-state index is 13.3. The Morgan fingerprint density at radius 1 is 1.09 bits per heavy atom. The maximum absolute atomic E-state index is 13.3. The van der Waals surface area contributed by atoms with Crippen LogP contribution in [0.1, 0.15) is 5.56 Å². The van der Waals surface area contributed by atoms with Gasteiger partial charge in [-0.2, -0.15) is 0 Å². The zero-order valence-corrected chi connectivity index (χ0v) is 18.6. The average Bonchev–Trinajstić information content (AvgIpc) is 3.51. The number of nitrogens with zero attached hydrogens (tertiary/aromatic N) is 4. The van der Waals surface area contributed by atoms with Crippen molar-refractivity contribution in [1.29, 1.82) is 0 Å². The number of hydrogen-bond acceptors (Lipinski definition) is 5. The standard InChI is InChI=1S/C25H22ClN5O2/c26-17-12-16-13-22(25(32)31-10-8-30(9-11-31)18-2-1-5-27-15-18)33-23(16)21(14-17)19-3-6-28-24-20(19)4-7-29-24/h1-7,12,14-15,22H,8-11,13H2,(H,28,29). The second kappa shape index (κ2) is 8.08. The Kier molecular flexibility index (Phi) is 4.91. The van der Waals surface area contributed by atoms with Crippen molar-refractivity contribution >= 4 is 34.2 Å². The largest absolute Gasteiger partial charge is 0.479 e. The first-order valence-corrected chi connectivity index (χ1v) is 11.4. The van der Waals surface area contributed by atoms with Gasteiger partial charge in [-0.25, -0.2) is 4.98 Å². The SMILES string of the molecule is O=C(C1Cc2cc(Cl)cc(-c3ccnc4[nH]ccc34)c2O1)N1CCN(c2cccnc2)CC1. The van der Waals surface area contributed by atoms with Gasteiger partial charge >= 0.3 is 0 Å². The number of aromatic nitrogens is 3. The molecule has 3 aromatic heterocycles. The number of nitrogens with one attached hydrogen (secondary N) is 1. The number of carbonyl (C=O) groups is 1. The Balaban J connectivity index is 1.22. The molecule has 0 bridgehead atoms. The van der Waals surface area contributed by atoms with Crippen LogP contribution in [0, 0.1) is 0 Å². The van der Waals surface area contributed by atoms with E-state index in [0.29, 0.717) is 24.5 Å². The fourth-order valence-corrected chi connectivity index (χ4v) is 5.03. The van der Waals surface area contributed by atoms with Crippen LogP contribution < -0.4 is 9.64 Å². The van der Waals surface area contributed by atoms with Crippen molar-refractivity contribution in [3.63, 3.8) is 0 Å². The molecule has 166 valence electrons. The lowest BCUT2D eigenvalue weighted by atomic mass is 9.99. The van der Waals surface area contributed by atoms with E-state index in [2.05, 4.69) is 19.9 Å². The number of H-pyrrole nitrogens is 1. The highest BCUT2D eigenvalue weighted by atomic mass is 35.5. The van der Waals surface area contributed by atoms with E-state index in [1.54, 1.807) is 12.4 Å². The summed E-state index contributed by atoms with van der Waals surface area (Å²) < 4.78 is 6.30.